The van der Waals surface area contributed by atoms with E-state index in [-0.39, 0.29) is 0 Å². The number of nitrogens with zero attached hydrogens (tertiary/aromatic N) is 2. The quantitative estimate of drug-likeness (QED) is 0.177. The van der Waals surface area contributed by atoms with Crippen LogP contribution in [-0.2, 0) is 0 Å². The smallest absolute Gasteiger partial charge is 0.0542 e. The summed E-state index contributed by atoms with van der Waals surface area (Å²) in [5.74, 6) is 0. The van der Waals surface area contributed by atoms with E-state index in [1.54, 1.807) is 0 Å². The average Bonchev–Trinajstić information content (AvgIpc) is 3.85. The summed E-state index contributed by atoms with van der Waals surface area (Å²) in [6, 6.07) is 66.7. The minimum Gasteiger partial charge on any atom is -0.309 e. The Morgan fingerprint density at radius 2 is 0.765 bits per heavy atom. The van der Waals surface area contributed by atoms with Crippen molar-refractivity contribution in [1.82, 2.24) is 9.13 Å². The summed E-state index contributed by atoms with van der Waals surface area (Å²) in [7, 11) is 0. The Morgan fingerprint density at radius 1 is 0.275 bits per heavy atom. The van der Waals surface area contributed by atoms with Crippen molar-refractivity contribution in [1.29, 1.82) is 0 Å². The molecule has 3 heterocycles. The van der Waals surface area contributed by atoms with Crippen molar-refractivity contribution in [3.05, 3.63) is 182 Å². The molecule has 0 atom stereocenters. The van der Waals surface area contributed by atoms with Crippen molar-refractivity contribution in [3.8, 4) is 33.6 Å². The van der Waals surface area contributed by atoms with Crippen molar-refractivity contribution >= 4 is 75.1 Å². The van der Waals surface area contributed by atoms with Crippen LogP contribution >= 0.6 is 11.3 Å². The Labute approximate surface area is 298 Å². The number of para-hydroxylation sites is 3. The molecule has 0 saturated carbocycles. The van der Waals surface area contributed by atoms with Crippen LogP contribution in [0.4, 0.5) is 0 Å². The molecule has 11 rings (SSSR count). The molecule has 0 bridgehead atoms. The first-order valence-electron chi connectivity index (χ1n) is 17.4. The van der Waals surface area contributed by atoms with Gasteiger partial charge in [0.25, 0.3) is 0 Å². The molecule has 2 nitrogen and oxygen atoms in total. The highest BCUT2D eigenvalue weighted by Gasteiger charge is 2.17. The largest absolute Gasteiger partial charge is 0.309 e. The van der Waals surface area contributed by atoms with Gasteiger partial charge in [-0.25, -0.2) is 0 Å². The zero-order valence-electron chi connectivity index (χ0n) is 27.6. The highest BCUT2D eigenvalue weighted by molar-refractivity contribution is 7.25. The molecule has 0 spiro atoms. The molecular formula is C48H30N2S. The Morgan fingerprint density at radius 3 is 1.45 bits per heavy atom. The predicted octanol–water partition coefficient (Wildman–Crippen LogP) is 13.6. The molecule has 0 saturated heterocycles. The summed E-state index contributed by atoms with van der Waals surface area (Å²) in [6.45, 7) is 0. The molecule has 0 aliphatic rings. The Hall–Kier alpha value is -6.42. The van der Waals surface area contributed by atoms with Crippen molar-refractivity contribution in [3.63, 3.8) is 0 Å². The second-order valence-corrected chi connectivity index (χ2v) is 14.4. The molecule has 0 amide bonds. The maximum Gasteiger partial charge on any atom is 0.0542 e. The molecule has 0 fully saturated rings. The van der Waals surface area contributed by atoms with Crippen LogP contribution in [0.25, 0.3) is 97.4 Å². The van der Waals surface area contributed by atoms with Gasteiger partial charge in [0.05, 0.1) is 22.1 Å². The van der Waals surface area contributed by atoms with Gasteiger partial charge in [0, 0.05) is 53.1 Å². The van der Waals surface area contributed by atoms with Gasteiger partial charge in [0.1, 0.15) is 0 Å². The Bertz CT molecular complexity index is 3100. The lowest BCUT2D eigenvalue weighted by molar-refractivity contribution is 1.17. The van der Waals surface area contributed by atoms with E-state index in [4.69, 9.17) is 0 Å². The maximum absolute atomic E-state index is 2.42. The zero-order chi connectivity index (χ0) is 33.5. The summed E-state index contributed by atoms with van der Waals surface area (Å²) in [5, 5.41) is 7.70. The molecule has 3 aromatic heterocycles. The second kappa shape index (κ2) is 11.0. The van der Waals surface area contributed by atoms with Gasteiger partial charge in [-0.15, -0.1) is 11.3 Å². The van der Waals surface area contributed by atoms with Crippen molar-refractivity contribution in [2.75, 3.05) is 0 Å². The summed E-state index contributed by atoms with van der Waals surface area (Å²) in [4.78, 5) is 0. The topological polar surface area (TPSA) is 9.86 Å². The van der Waals surface area contributed by atoms with Gasteiger partial charge in [-0.2, -0.15) is 0 Å². The molecule has 8 aromatic carbocycles. The Kier molecular flexibility index (Phi) is 6.16. The van der Waals surface area contributed by atoms with Crippen LogP contribution in [0.3, 0.4) is 0 Å². The number of aromatic nitrogens is 2. The SMILES string of the molecule is c1cc(-c2cccc(-n3c4ccccc4c4cc(-n5c6ccccc6c6ccccc65)ccc43)c2)cc(-c2ccc3sc4ccccc4c3c2)c1. The van der Waals surface area contributed by atoms with E-state index in [0.717, 1.165) is 5.69 Å². The van der Waals surface area contributed by atoms with E-state index in [1.807, 2.05) is 11.3 Å². The van der Waals surface area contributed by atoms with Crippen molar-refractivity contribution in [2.24, 2.45) is 0 Å². The molecule has 0 unspecified atom stereocenters. The van der Waals surface area contributed by atoms with E-state index in [0.29, 0.717) is 0 Å². The number of fused-ring (bicyclic) bond motifs is 9. The van der Waals surface area contributed by atoms with E-state index in [2.05, 4.69) is 191 Å². The minimum atomic E-state index is 1.15. The minimum absolute atomic E-state index is 1.15. The molecule has 51 heavy (non-hydrogen) atoms. The molecule has 238 valence electrons. The van der Waals surface area contributed by atoms with Gasteiger partial charge in [0.2, 0.25) is 0 Å². The summed E-state index contributed by atoms with van der Waals surface area (Å²) in [6.07, 6.45) is 0. The van der Waals surface area contributed by atoms with Gasteiger partial charge < -0.3 is 9.13 Å². The van der Waals surface area contributed by atoms with Crippen LogP contribution < -0.4 is 0 Å². The van der Waals surface area contributed by atoms with Gasteiger partial charge in [-0.3, -0.25) is 0 Å². The van der Waals surface area contributed by atoms with Gasteiger partial charge in [-0.1, -0.05) is 109 Å². The fourth-order valence-corrected chi connectivity index (χ4v) is 9.27. The lowest BCUT2D eigenvalue weighted by atomic mass is 9.97. The van der Waals surface area contributed by atoms with Gasteiger partial charge >= 0.3 is 0 Å². The van der Waals surface area contributed by atoms with Crippen molar-refractivity contribution < 1.29 is 0 Å². The summed E-state index contributed by atoms with van der Waals surface area (Å²) < 4.78 is 7.49. The first-order valence-corrected chi connectivity index (χ1v) is 18.2. The van der Waals surface area contributed by atoms with Crippen LogP contribution in [0.15, 0.2) is 182 Å². The van der Waals surface area contributed by atoms with E-state index in [1.165, 1.54) is 91.7 Å². The Balaban J connectivity index is 1.04. The second-order valence-electron chi connectivity index (χ2n) is 13.4. The summed E-state index contributed by atoms with van der Waals surface area (Å²) >= 11 is 1.86. The molecule has 11 aromatic rings. The lowest BCUT2D eigenvalue weighted by Gasteiger charge is -2.12. The molecule has 3 heteroatoms. The van der Waals surface area contributed by atoms with Gasteiger partial charge in [-0.05, 0) is 95.1 Å². The highest BCUT2D eigenvalue weighted by atomic mass is 32.1. The third kappa shape index (κ3) is 4.35. The predicted molar refractivity (Wildman–Crippen MR) is 219 cm³/mol. The molecule has 0 radical (unpaired) electrons. The molecular weight excluding hydrogens is 637 g/mol. The fourth-order valence-electron chi connectivity index (χ4n) is 8.19. The van der Waals surface area contributed by atoms with Crippen molar-refractivity contribution in [2.45, 2.75) is 0 Å². The standard InChI is InChI=1S/C48H30N2S/c1-5-19-43-37(15-1)38-16-2-6-20-44(38)50(43)36-24-25-46-41(30-36)39-17-3-7-21-45(39)49(46)35-14-10-13-33(28-35)31-11-9-12-32(27-31)34-23-26-48-42(29-34)40-18-4-8-22-47(40)51-48/h1-30H. The number of rotatable bonds is 4. The number of thiophene rings is 1. The highest BCUT2D eigenvalue weighted by Crippen LogP contribution is 2.39. The van der Waals surface area contributed by atoms with Gasteiger partial charge in [0.15, 0.2) is 0 Å². The maximum atomic E-state index is 2.42. The van der Waals surface area contributed by atoms with Crippen LogP contribution in [0.5, 0.6) is 0 Å². The first-order chi connectivity index (χ1) is 25.3. The van der Waals surface area contributed by atoms with E-state index < -0.39 is 0 Å². The van der Waals surface area contributed by atoms with Crippen LogP contribution in [0.2, 0.25) is 0 Å². The van der Waals surface area contributed by atoms with Crippen LogP contribution in [0.1, 0.15) is 0 Å². The monoisotopic (exact) mass is 666 g/mol. The number of benzene rings is 8. The summed E-state index contributed by atoms with van der Waals surface area (Å²) in [5.41, 5.74) is 12.0. The molecule has 0 aliphatic carbocycles. The van der Waals surface area contributed by atoms with Crippen LogP contribution in [0, 0.1) is 0 Å². The van der Waals surface area contributed by atoms with Crippen LogP contribution in [-0.4, -0.2) is 9.13 Å². The number of hydrogen-bond acceptors (Lipinski definition) is 1. The third-order valence-electron chi connectivity index (χ3n) is 10.5. The van der Waals surface area contributed by atoms with E-state index in [9.17, 15) is 0 Å². The normalized spacial score (nSPS) is 11.9. The average molecular weight is 667 g/mol. The fraction of sp³-hybridized carbons (Fsp3) is 0. The third-order valence-corrected chi connectivity index (χ3v) is 11.7. The zero-order valence-corrected chi connectivity index (χ0v) is 28.4. The molecule has 0 N–H and O–H groups in total. The molecule has 0 aliphatic heterocycles. The first kappa shape index (κ1) is 28.4. The van der Waals surface area contributed by atoms with E-state index >= 15 is 0 Å². The number of hydrogen-bond donors (Lipinski definition) is 0. The lowest BCUT2D eigenvalue weighted by Crippen LogP contribution is -1.96.